The van der Waals surface area contributed by atoms with Gasteiger partial charge in [0.1, 0.15) is 17.9 Å². The summed E-state index contributed by atoms with van der Waals surface area (Å²) in [6, 6.07) is 3.04. The Balaban J connectivity index is 2.07. The van der Waals surface area contributed by atoms with E-state index < -0.39 is 10.0 Å². The largest absolute Gasteiger partial charge is 0.447 e. The Morgan fingerprint density at radius 1 is 1.37 bits per heavy atom. The highest BCUT2D eigenvalue weighted by molar-refractivity contribution is 7.89. The smallest absolute Gasteiger partial charge is 0.274 e. The van der Waals surface area contributed by atoms with Crippen molar-refractivity contribution in [3.8, 4) is 0 Å². The van der Waals surface area contributed by atoms with Crippen molar-refractivity contribution in [3.63, 3.8) is 0 Å². The van der Waals surface area contributed by atoms with Crippen LogP contribution >= 0.6 is 0 Å². The van der Waals surface area contributed by atoms with Gasteiger partial charge in [-0.1, -0.05) is 0 Å². The number of aryl methyl sites for hydroxylation is 1. The van der Waals surface area contributed by atoms with Crippen LogP contribution in [0.3, 0.4) is 0 Å². The van der Waals surface area contributed by atoms with Crippen LogP contribution in [-0.2, 0) is 30.2 Å². The number of nitrogens with zero attached hydrogens (tertiary/aromatic N) is 3. The maximum absolute atomic E-state index is 12.0. The lowest BCUT2D eigenvalue weighted by molar-refractivity contribution is 0.404. The average molecular weight is 285 g/mol. The number of sulfonamides is 1. The number of rotatable bonds is 6. The molecule has 0 unspecified atom stereocenters. The first-order valence-corrected chi connectivity index (χ1v) is 7.07. The van der Waals surface area contributed by atoms with E-state index in [1.165, 1.54) is 12.4 Å². The Hall–Kier alpha value is -1.71. The molecular formula is C10H15N5O3S. The fraction of sp³-hybridized carbons (Fsp3) is 0.400. The molecule has 0 spiro atoms. The molecule has 0 aromatic carbocycles. The van der Waals surface area contributed by atoms with Crippen LogP contribution in [0.2, 0.25) is 0 Å². The molecule has 9 heteroatoms. The quantitative estimate of drug-likeness (QED) is 0.749. The molecule has 0 saturated heterocycles. The van der Waals surface area contributed by atoms with E-state index in [-0.39, 0.29) is 11.6 Å². The highest BCUT2D eigenvalue weighted by Crippen LogP contribution is 2.13. The second kappa shape index (κ2) is 5.51. The molecule has 0 aliphatic heterocycles. The molecule has 0 atom stereocenters. The molecule has 2 rings (SSSR count). The molecule has 2 heterocycles. The van der Waals surface area contributed by atoms with Gasteiger partial charge >= 0.3 is 0 Å². The third-order valence-electron chi connectivity index (χ3n) is 2.48. The zero-order chi connectivity index (χ0) is 13.9. The predicted molar refractivity (Wildman–Crippen MR) is 66.5 cm³/mol. The maximum atomic E-state index is 12.0. The first-order valence-electron chi connectivity index (χ1n) is 5.59. The van der Waals surface area contributed by atoms with Gasteiger partial charge in [-0.25, -0.2) is 13.1 Å². The molecule has 2 N–H and O–H groups in total. The molecule has 0 saturated carbocycles. The zero-order valence-electron chi connectivity index (χ0n) is 10.6. The molecule has 2 aromatic heterocycles. The van der Waals surface area contributed by atoms with Gasteiger partial charge in [0.15, 0.2) is 0 Å². The van der Waals surface area contributed by atoms with Crippen molar-refractivity contribution in [2.45, 2.75) is 18.2 Å². The van der Waals surface area contributed by atoms with Crippen LogP contribution in [0.5, 0.6) is 0 Å². The van der Waals surface area contributed by atoms with Crippen molar-refractivity contribution in [2.24, 2.45) is 7.05 Å². The summed E-state index contributed by atoms with van der Waals surface area (Å²) in [5.41, 5.74) is 0. The minimum absolute atomic E-state index is 0.0564. The van der Waals surface area contributed by atoms with E-state index in [4.69, 9.17) is 4.42 Å². The highest BCUT2D eigenvalue weighted by Gasteiger charge is 2.19. The summed E-state index contributed by atoms with van der Waals surface area (Å²) in [7, 11) is -0.186. The van der Waals surface area contributed by atoms with Crippen molar-refractivity contribution < 1.29 is 12.8 Å². The summed E-state index contributed by atoms with van der Waals surface area (Å²) in [6.07, 6.45) is 1.50. The summed E-state index contributed by atoms with van der Waals surface area (Å²) in [5, 5.41) is 10.2. The average Bonchev–Trinajstić information content (AvgIpc) is 2.97. The van der Waals surface area contributed by atoms with Gasteiger partial charge in [0.2, 0.25) is 5.09 Å². The molecule has 19 heavy (non-hydrogen) atoms. The minimum atomic E-state index is -3.68. The number of aromatic nitrogens is 3. The molecule has 8 nitrogen and oxygen atoms in total. The Morgan fingerprint density at radius 3 is 2.79 bits per heavy atom. The molecule has 0 bridgehead atoms. The van der Waals surface area contributed by atoms with Crippen molar-refractivity contribution in [1.82, 2.24) is 24.8 Å². The summed E-state index contributed by atoms with van der Waals surface area (Å²) < 4.78 is 33.2. The SMILES string of the molecule is CNCc1ccc(S(=O)(=O)NCc2nncn2C)o1. The van der Waals surface area contributed by atoms with Crippen molar-refractivity contribution in [2.75, 3.05) is 7.05 Å². The van der Waals surface area contributed by atoms with Gasteiger partial charge < -0.3 is 14.3 Å². The van der Waals surface area contributed by atoms with Crippen molar-refractivity contribution in [3.05, 3.63) is 30.0 Å². The van der Waals surface area contributed by atoms with Crippen LogP contribution in [0, 0.1) is 0 Å². The first-order chi connectivity index (χ1) is 9.03. The van der Waals surface area contributed by atoms with Crippen molar-refractivity contribution in [1.29, 1.82) is 0 Å². The first kappa shape index (κ1) is 13.7. The minimum Gasteiger partial charge on any atom is -0.447 e. The van der Waals surface area contributed by atoms with Gasteiger partial charge in [0.25, 0.3) is 10.0 Å². The summed E-state index contributed by atoms with van der Waals surface area (Å²) >= 11 is 0. The topological polar surface area (TPSA) is 102 Å². The zero-order valence-corrected chi connectivity index (χ0v) is 11.4. The number of nitrogens with one attached hydrogen (secondary N) is 2. The fourth-order valence-corrected chi connectivity index (χ4v) is 2.40. The molecule has 0 amide bonds. The van der Waals surface area contributed by atoms with Crippen molar-refractivity contribution >= 4 is 10.0 Å². The van der Waals surface area contributed by atoms with Crippen LogP contribution in [0.25, 0.3) is 0 Å². The summed E-state index contributed by atoms with van der Waals surface area (Å²) in [4.78, 5) is 0. The second-order valence-electron chi connectivity index (χ2n) is 3.93. The van der Waals surface area contributed by atoms with E-state index in [9.17, 15) is 8.42 Å². The maximum Gasteiger partial charge on any atom is 0.274 e. The van der Waals surface area contributed by atoms with Crippen LogP contribution < -0.4 is 10.0 Å². The van der Waals surface area contributed by atoms with Gasteiger partial charge in [-0.05, 0) is 19.2 Å². The molecule has 0 radical (unpaired) electrons. The molecule has 0 fully saturated rings. The summed E-state index contributed by atoms with van der Waals surface area (Å²) in [6.45, 7) is 0.527. The van der Waals surface area contributed by atoms with E-state index in [1.807, 2.05) is 0 Å². The third-order valence-corrected chi connectivity index (χ3v) is 3.75. The second-order valence-corrected chi connectivity index (χ2v) is 5.63. The van der Waals surface area contributed by atoms with E-state index in [0.717, 1.165) is 0 Å². The molecule has 0 aliphatic carbocycles. The molecule has 104 valence electrons. The van der Waals surface area contributed by atoms with Gasteiger partial charge in [0.05, 0.1) is 13.1 Å². The van der Waals surface area contributed by atoms with Crippen LogP contribution in [-0.4, -0.2) is 30.2 Å². The van der Waals surface area contributed by atoms with E-state index in [2.05, 4.69) is 20.2 Å². The standard InChI is InChI=1S/C10H15N5O3S/c1-11-5-8-3-4-10(18-8)19(16,17)13-6-9-14-12-7-15(9)2/h3-4,7,11,13H,5-6H2,1-2H3. The van der Waals surface area contributed by atoms with Crippen LogP contribution in [0.1, 0.15) is 11.6 Å². The van der Waals surface area contributed by atoms with E-state index in [1.54, 1.807) is 24.7 Å². The normalized spacial score (nSPS) is 11.9. The Labute approximate surface area is 110 Å². The predicted octanol–water partition coefficient (Wildman–Crippen LogP) is -0.394. The summed E-state index contributed by atoms with van der Waals surface area (Å²) in [5.74, 6) is 1.08. The Morgan fingerprint density at radius 2 is 2.16 bits per heavy atom. The molecule has 2 aromatic rings. The highest BCUT2D eigenvalue weighted by atomic mass is 32.2. The van der Waals surface area contributed by atoms with Gasteiger partial charge in [-0.3, -0.25) is 0 Å². The lowest BCUT2D eigenvalue weighted by atomic mass is 10.4. The van der Waals surface area contributed by atoms with Gasteiger partial charge in [0, 0.05) is 7.05 Å². The molecule has 0 aliphatic rings. The van der Waals surface area contributed by atoms with E-state index in [0.29, 0.717) is 18.1 Å². The Bertz CT molecular complexity index is 646. The van der Waals surface area contributed by atoms with Gasteiger partial charge in [-0.2, -0.15) is 0 Å². The number of hydrogen-bond donors (Lipinski definition) is 2. The van der Waals surface area contributed by atoms with Crippen LogP contribution in [0.4, 0.5) is 0 Å². The Kier molecular flexibility index (Phi) is 3.98. The number of hydrogen-bond acceptors (Lipinski definition) is 6. The number of furan rings is 1. The molecular weight excluding hydrogens is 270 g/mol. The monoisotopic (exact) mass is 285 g/mol. The van der Waals surface area contributed by atoms with Gasteiger partial charge in [-0.15, -0.1) is 10.2 Å². The third kappa shape index (κ3) is 3.19. The lowest BCUT2D eigenvalue weighted by Gasteiger charge is -2.03. The fourth-order valence-electron chi connectivity index (χ4n) is 1.47. The van der Waals surface area contributed by atoms with E-state index >= 15 is 0 Å². The lowest BCUT2D eigenvalue weighted by Crippen LogP contribution is -2.24. The van der Waals surface area contributed by atoms with Crippen LogP contribution in [0.15, 0.2) is 28.0 Å².